The van der Waals surface area contributed by atoms with Crippen LogP contribution in [0.15, 0.2) is 41.3 Å². The average Bonchev–Trinajstić information content (AvgIpc) is 2.15. The molecule has 0 heterocycles. The Morgan fingerprint density at radius 3 is 2.38 bits per heavy atom. The number of hydrogen-bond donors (Lipinski definition) is 2. The SMILES string of the molecule is O=S(=O)(O)c1cccc2ccc(O)cc12.[NaH]. The molecule has 16 heavy (non-hydrogen) atoms. The minimum atomic E-state index is -4.26. The molecule has 0 aromatic heterocycles. The molecule has 2 N–H and O–H groups in total. The molecule has 80 valence electrons. The summed E-state index contributed by atoms with van der Waals surface area (Å²) in [5.41, 5.74) is 0. The van der Waals surface area contributed by atoms with Crippen molar-refractivity contribution in [2.24, 2.45) is 0 Å². The van der Waals surface area contributed by atoms with Crippen molar-refractivity contribution in [3.63, 3.8) is 0 Å². The Hall–Kier alpha value is -0.590. The molecule has 6 heteroatoms. The Labute approximate surface area is 115 Å². The molecule has 0 spiro atoms. The zero-order valence-corrected chi connectivity index (χ0v) is 8.40. The summed E-state index contributed by atoms with van der Waals surface area (Å²) in [6, 6.07) is 8.86. The molecule has 0 aliphatic rings. The van der Waals surface area contributed by atoms with Gasteiger partial charge in [-0.05, 0) is 23.6 Å². The molecule has 0 fully saturated rings. The summed E-state index contributed by atoms with van der Waals surface area (Å²) in [5, 5.41) is 10.2. The van der Waals surface area contributed by atoms with E-state index in [1.165, 1.54) is 24.3 Å². The van der Waals surface area contributed by atoms with Crippen molar-refractivity contribution in [2.45, 2.75) is 4.90 Å². The van der Waals surface area contributed by atoms with Crippen molar-refractivity contribution >= 4 is 50.4 Å². The van der Waals surface area contributed by atoms with Crippen molar-refractivity contribution < 1.29 is 18.1 Å². The maximum atomic E-state index is 11.0. The summed E-state index contributed by atoms with van der Waals surface area (Å²) in [6.45, 7) is 0. The van der Waals surface area contributed by atoms with E-state index in [9.17, 15) is 13.5 Å². The molecule has 2 aromatic rings. The van der Waals surface area contributed by atoms with Gasteiger partial charge in [-0.2, -0.15) is 8.42 Å². The van der Waals surface area contributed by atoms with Crippen molar-refractivity contribution in [3.05, 3.63) is 36.4 Å². The molecular formula is C10H9NaO4S. The monoisotopic (exact) mass is 248 g/mol. The van der Waals surface area contributed by atoms with Crippen LogP contribution in [0.5, 0.6) is 5.75 Å². The second-order valence-electron chi connectivity index (χ2n) is 3.14. The minimum absolute atomic E-state index is 0. The van der Waals surface area contributed by atoms with Gasteiger partial charge in [-0.25, -0.2) is 0 Å². The number of fused-ring (bicyclic) bond motifs is 1. The van der Waals surface area contributed by atoms with Gasteiger partial charge in [0.2, 0.25) is 0 Å². The van der Waals surface area contributed by atoms with Gasteiger partial charge >= 0.3 is 29.6 Å². The Kier molecular flexibility index (Phi) is 3.98. The zero-order chi connectivity index (χ0) is 11.1. The van der Waals surface area contributed by atoms with Gasteiger partial charge in [-0.1, -0.05) is 18.2 Å². The van der Waals surface area contributed by atoms with Crippen molar-refractivity contribution in [2.75, 3.05) is 0 Å². The van der Waals surface area contributed by atoms with E-state index in [-0.39, 0.29) is 40.2 Å². The summed E-state index contributed by atoms with van der Waals surface area (Å²) >= 11 is 0. The van der Waals surface area contributed by atoms with Gasteiger partial charge in [0.05, 0.1) is 0 Å². The van der Waals surface area contributed by atoms with Crippen molar-refractivity contribution in [3.8, 4) is 5.75 Å². The standard InChI is InChI=1S/C10H8O4S.Na.H/c11-8-5-4-7-2-1-3-10(9(7)6-8)15(12,13)14;;/h1-6,11H,(H,12,13,14);;. The Bertz CT molecular complexity index is 622. The molecule has 0 atom stereocenters. The molecule has 0 bridgehead atoms. The Morgan fingerprint density at radius 1 is 1.06 bits per heavy atom. The van der Waals surface area contributed by atoms with Crippen LogP contribution in [0.25, 0.3) is 10.8 Å². The summed E-state index contributed by atoms with van der Waals surface area (Å²) in [7, 11) is -4.26. The van der Waals surface area contributed by atoms with Crippen LogP contribution in [0.4, 0.5) is 0 Å². The Balaban J connectivity index is 0.00000128. The second-order valence-corrected chi connectivity index (χ2v) is 4.53. The third kappa shape index (κ3) is 2.56. The van der Waals surface area contributed by atoms with Gasteiger partial charge in [-0.3, -0.25) is 4.55 Å². The quantitative estimate of drug-likeness (QED) is 0.586. The van der Waals surface area contributed by atoms with E-state index in [0.29, 0.717) is 10.8 Å². The molecule has 0 aliphatic carbocycles. The molecule has 0 aliphatic heterocycles. The first-order valence-electron chi connectivity index (χ1n) is 4.18. The number of rotatable bonds is 1. The Morgan fingerprint density at radius 2 is 1.75 bits per heavy atom. The molecule has 0 radical (unpaired) electrons. The zero-order valence-electron chi connectivity index (χ0n) is 7.58. The predicted molar refractivity (Wildman–Crippen MR) is 62.6 cm³/mol. The molecule has 0 unspecified atom stereocenters. The number of aromatic hydroxyl groups is 1. The molecule has 2 aromatic carbocycles. The third-order valence-corrected chi connectivity index (χ3v) is 3.02. The van der Waals surface area contributed by atoms with Crippen LogP contribution in [-0.4, -0.2) is 47.6 Å². The molecule has 0 amide bonds. The molecule has 0 saturated carbocycles. The maximum absolute atomic E-state index is 11.0. The summed E-state index contributed by atoms with van der Waals surface area (Å²) in [5.74, 6) is -0.0430. The fraction of sp³-hybridized carbons (Fsp3) is 0. The first kappa shape index (κ1) is 13.5. The van der Waals surface area contributed by atoms with Crippen LogP contribution >= 0.6 is 0 Å². The summed E-state index contributed by atoms with van der Waals surface area (Å²) in [4.78, 5) is -0.198. The normalized spacial score (nSPS) is 11.1. The van der Waals surface area contributed by atoms with Crippen LogP contribution in [-0.2, 0) is 10.1 Å². The topological polar surface area (TPSA) is 74.6 Å². The molecule has 4 nitrogen and oxygen atoms in total. The van der Waals surface area contributed by atoms with E-state index in [1.54, 1.807) is 12.1 Å². The van der Waals surface area contributed by atoms with Crippen molar-refractivity contribution in [1.29, 1.82) is 0 Å². The number of hydrogen-bond acceptors (Lipinski definition) is 3. The van der Waals surface area contributed by atoms with E-state index >= 15 is 0 Å². The van der Waals surface area contributed by atoms with E-state index in [2.05, 4.69) is 0 Å². The summed E-state index contributed by atoms with van der Waals surface area (Å²) < 4.78 is 31.0. The molecular weight excluding hydrogens is 239 g/mol. The van der Waals surface area contributed by atoms with Crippen molar-refractivity contribution in [1.82, 2.24) is 0 Å². The first-order chi connectivity index (χ1) is 6.98. The van der Waals surface area contributed by atoms with Crippen LogP contribution in [0.1, 0.15) is 0 Å². The molecule has 2 rings (SSSR count). The van der Waals surface area contributed by atoms with Crippen LogP contribution in [0.2, 0.25) is 0 Å². The van der Waals surface area contributed by atoms with E-state index in [1.807, 2.05) is 0 Å². The van der Waals surface area contributed by atoms with Gasteiger partial charge in [0.1, 0.15) is 10.6 Å². The summed E-state index contributed by atoms with van der Waals surface area (Å²) in [6.07, 6.45) is 0. The molecule has 0 saturated heterocycles. The average molecular weight is 248 g/mol. The number of phenols is 1. The van der Waals surface area contributed by atoms with Crippen LogP contribution < -0.4 is 0 Å². The second kappa shape index (κ2) is 4.73. The van der Waals surface area contributed by atoms with E-state index in [0.717, 1.165) is 0 Å². The third-order valence-electron chi connectivity index (χ3n) is 2.10. The van der Waals surface area contributed by atoms with Crippen LogP contribution in [0, 0.1) is 0 Å². The van der Waals surface area contributed by atoms with Gasteiger partial charge in [0.15, 0.2) is 0 Å². The van der Waals surface area contributed by atoms with E-state index < -0.39 is 10.1 Å². The van der Waals surface area contributed by atoms with Gasteiger partial charge < -0.3 is 5.11 Å². The predicted octanol–water partition coefficient (Wildman–Crippen LogP) is 1.14. The fourth-order valence-electron chi connectivity index (χ4n) is 1.46. The van der Waals surface area contributed by atoms with Crippen LogP contribution in [0.3, 0.4) is 0 Å². The first-order valence-corrected chi connectivity index (χ1v) is 5.62. The fourth-order valence-corrected chi connectivity index (χ4v) is 2.16. The number of phenolic OH excluding ortho intramolecular Hbond substituents is 1. The van der Waals surface area contributed by atoms with Gasteiger partial charge in [0, 0.05) is 5.39 Å². The number of benzene rings is 2. The van der Waals surface area contributed by atoms with E-state index in [4.69, 9.17) is 4.55 Å². The van der Waals surface area contributed by atoms with Gasteiger partial charge in [-0.15, -0.1) is 0 Å². The van der Waals surface area contributed by atoms with Gasteiger partial charge in [0.25, 0.3) is 10.1 Å².